The highest BCUT2D eigenvalue weighted by Gasteiger charge is 2.18. The van der Waals surface area contributed by atoms with Crippen LogP contribution in [-0.4, -0.2) is 58.2 Å². The molecule has 0 unspecified atom stereocenters. The summed E-state index contributed by atoms with van der Waals surface area (Å²) in [4.78, 5) is 21.5. The molecule has 0 fully saturated rings. The fourth-order valence-corrected chi connectivity index (χ4v) is 3.49. The van der Waals surface area contributed by atoms with Gasteiger partial charge in [-0.05, 0) is 29.7 Å². The first-order chi connectivity index (χ1) is 13.7. The van der Waals surface area contributed by atoms with Crippen LogP contribution in [0.15, 0.2) is 48.5 Å². The maximum atomic E-state index is 12.0. The number of hydrogen-bond donors (Lipinski definition) is 3. The molecule has 1 aliphatic heterocycles. The number of benzene rings is 2. The molecule has 0 spiro atoms. The number of nitrogens with zero attached hydrogens (tertiary/aromatic N) is 2. The molecule has 2 aromatic carbocycles. The highest BCUT2D eigenvalue weighted by atomic mass is 16.5. The Morgan fingerprint density at radius 1 is 1.21 bits per heavy atom. The summed E-state index contributed by atoms with van der Waals surface area (Å²) in [5.41, 5.74) is 4.33. The second-order valence-electron chi connectivity index (χ2n) is 7.06. The molecule has 1 amide bonds. The Bertz CT molecular complexity index is 922. The molecule has 4 rings (SSSR count). The third-order valence-corrected chi connectivity index (χ3v) is 4.92. The second-order valence-corrected chi connectivity index (χ2v) is 7.06. The van der Waals surface area contributed by atoms with Crippen LogP contribution in [0.1, 0.15) is 11.1 Å². The number of rotatable bonds is 7. The van der Waals surface area contributed by atoms with E-state index in [0.29, 0.717) is 12.6 Å². The Balaban J connectivity index is 1.19. The number of β-amino-alcohol motifs (C(OH)–C–C–N with tert-alkyl or cyclic N) is 1. The van der Waals surface area contributed by atoms with E-state index in [4.69, 9.17) is 4.74 Å². The van der Waals surface area contributed by atoms with Gasteiger partial charge in [0.1, 0.15) is 0 Å². The van der Waals surface area contributed by atoms with E-state index >= 15 is 0 Å². The molecule has 7 nitrogen and oxygen atoms in total. The van der Waals surface area contributed by atoms with Gasteiger partial charge in [-0.3, -0.25) is 9.69 Å². The maximum absolute atomic E-state index is 12.0. The lowest BCUT2D eigenvalue weighted by atomic mass is 10.00. The minimum atomic E-state index is -0.625. The molecule has 0 radical (unpaired) electrons. The molecule has 0 aliphatic carbocycles. The van der Waals surface area contributed by atoms with Gasteiger partial charge in [0.05, 0.1) is 17.1 Å². The number of amides is 1. The van der Waals surface area contributed by atoms with Gasteiger partial charge in [-0.1, -0.05) is 36.4 Å². The summed E-state index contributed by atoms with van der Waals surface area (Å²) in [5, 5.41) is 13.0. The summed E-state index contributed by atoms with van der Waals surface area (Å²) >= 11 is 0. The van der Waals surface area contributed by atoms with Crippen molar-refractivity contribution >= 4 is 16.9 Å². The van der Waals surface area contributed by atoms with Gasteiger partial charge in [0.25, 0.3) is 11.9 Å². The van der Waals surface area contributed by atoms with Crippen molar-refractivity contribution in [3.05, 3.63) is 59.7 Å². The summed E-state index contributed by atoms with van der Waals surface area (Å²) in [7, 11) is 0. The van der Waals surface area contributed by atoms with Gasteiger partial charge in [0.15, 0.2) is 6.61 Å². The molecule has 146 valence electrons. The predicted octanol–water partition coefficient (Wildman–Crippen LogP) is 1.48. The lowest BCUT2D eigenvalue weighted by Crippen LogP contribution is -2.42. The van der Waals surface area contributed by atoms with Crippen molar-refractivity contribution in [3.63, 3.8) is 0 Å². The molecule has 1 aromatic heterocycles. The van der Waals surface area contributed by atoms with E-state index < -0.39 is 6.10 Å². The van der Waals surface area contributed by atoms with Gasteiger partial charge in [0.2, 0.25) is 0 Å². The summed E-state index contributed by atoms with van der Waals surface area (Å²) in [6.45, 7) is 2.32. The van der Waals surface area contributed by atoms with Crippen molar-refractivity contribution in [2.45, 2.75) is 19.1 Å². The third-order valence-electron chi connectivity index (χ3n) is 4.92. The fraction of sp³-hybridized carbons (Fsp3) is 0.333. The van der Waals surface area contributed by atoms with Crippen molar-refractivity contribution < 1.29 is 14.6 Å². The number of aliphatic hydroxyl groups is 1. The highest BCUT2D eigenvalue weighted by molar-refractivity contribution is 5.78. The zero-order valence-electron chi connectivity index (χ0n) is 15.6. The lowest BCUT2D eigenvalue weighted by Gasteiger charge is -2.30. The van der Waals surface area contributed by atoms with Crippen LogP contribution in [0.3, 0.4) is 0 Å². The number of carbonyl (C=O) groups is 1. The fourth-order valence-electron chi connectivity index (χ4n) is 3.49. The Labute approximate surface area is 163 Å². The highest BCUT2D eigenvalue weighted by Crippen LogP contribution is 2.18. The van der Waals surface area contributed by atoms with Crippen LogP contribution in [0.5, 0.6) is 6.01 Å². The Hall–Kier alpha value is -2.90. The maximum Gasteiger partial charge on any atom is 0.295 e. The molecule has 1 aliphatic rings. The van der Waals surface area contributed by atoms with Crippen molar-refractivity contribution in [1.82, 2.24) is 20.2 Å². The number of nitrogens with one attached hydrogen (secondary N) is 2. The van der Waals surface area contributed by atoms with E-state index in [-0.39, 0.29) is 19.1 Å². The van der Waals surface area contributed by atoms with Gasteiger partial charge >= 0.3 is 0 Å². The van der Waals surface area contributed by atoms with Gasteiger partial charge in [-0.15, -0.1) is 0 Å². The number of para-hydroxylation sites is 2. The molecule has 3 N–H and O–H groups in total. The molecule has 0 bridgehead atoms. The van der Waals surface area contributed by atoms with Crippen molar-refractivity contribution in [1.29, 1.82) is 0 Å². The Morgan fingerprint density at radius 2 is 2.00 bits per heavy atom. The third kappa shape index (κ3) is 4.49. The van der Waals surface area contributed by atoms with Crippen LogP contribution in [0.2, 0.25) is 0 Å². The second kappa shape index (κ2) is 8.41. The average molecular weight is 380 g/mol. The predicted molar refractivity (Wildman–Crippen MR) is 106 cm³/mol. The molecule has 2 heterocycles. The number of hydrogen-bond acceptors (Lipinski definition) is 5. The molecular weight excluding hydrogens is 356 g/mol. The summed E-state index contributed by atoms with van der Waals surface area (Å²) in [5.74, 6) is -0.288. The summed E-state index contributed by atoms with van der Waals surface area (Å²) < 4.78 is 5.40. The Kier molecular flexibility index (Phi) is 5.55. The average Bonchev–Trinajstić information content (AvgIpc) is 3.14. The number of imidazole rings is 1. The standard InChI is InChI=1S/C21H24N4O3/c26-17(13-25-10-9-15-5-1-2-6-16(15)12-25)11-22-20(27)14-28-21-23-18-7-3-4-8-19(18)24-21/h1-8,17,26H,9-14H2,(H,22,27)(H,23,24)/t17-/m0/s1. The number of aromatic nitrogens is 2. The quantitative estimate of drug-likeness (QED) is 0.578. The van der Waals surface area contributed by atoms with E-state index in [2.05, 4.69) is 38.4 Å². The van der Waals surface area contributed by atoms with E-state index in [1.54, 1.807) is 0 Å². The lowest BCUT2D eigenvalue weighted by molar-refractivity contribution is -0.123. The first-order valence-corrected chi connectivity index (χ1v) is 9.49. The number of H-pyrrole nitrogens is 1. The monoisotopic (exact) mass is 380 g/mol. The van der Waals surface area contributed by atoms with Gasteiger partial charge in [0, 0.05) is 26.2 Å². The van der Waals surface area contributed by atoms with Gasteiger partial charge < -0.3 is 20.1 Å². The number of aromatic amines is 1. The minimum Gasteiger partial charge on any atom is -0.455 e. The van der Waals surface area contributed by atoms with Crippen molar-refractivity contribution in [2.24, 2.45) is 0 Å². The summed E-state index contributed by atoms with van der Waals surface area (Å²) in [6.07, 6.45) is 0.362. The first kappa shape index (κ1) is 18.5. The molecule has 1 atom stereocenters. The molecule has 28 heavy (non-hydrogen) atoms. The first-order valence-electron chi connectivity index (χ1n) is 9.49. The topological polar surface area (TPSA) is 90.5 Å². The SMILES string of the molecule is O=C(COc1nc2ccccc2[nH]1)NC[C@H](O)CN1CCc2ccccc2C1. The number of fused-ring (bicyclic) bond motifs is 2. The zero-order chi connectivity index (χ0) is 19.3. The largest absolute Gasteiger partial charge is 0.455 e. The van der Waals surface area contributed by atoms with Crippen LogP contribution in [0, 0.1) is 0 Å². The van der Waals surface area contributed by atoms with Crippen LogP contribution in [0.4, 0.5) is 0 Å². The van der Waals surface area contributed by atoms with E-state index in [9.17, 15) is 9.90 Å². The van der Waals surface area contributed by atoms with Crippen LogP contribution < -0.4 is 10.1 Å². The molecule has 0 saturated heterocycles. The number of aliphatic hydroxyl groups excluding tert-OH is 1. The van der Waals surface area contributed by atoms with Crippen LogP contribution in [0.25, 0.3) is 11.0 Å². The minimum absolute atomic E-state index is 0.149. The smallest absolute Gasteiger partial charge is 0.295 e. The van der Waals surface area contributed by atoms with Crippen LogP contribution in [-0.2, 0) is 17.8 Å². The van der Waals surface area contributed by atoms with E-state index in [1.165, 1.54) is 11.1 Å². The number of ether oxygens (including phenoxy) is 1. The molecular formula is C21H24N4O3. The van der Waals surface area contributed by atoms with Crippen LogP contribution >= 0.6 is 0 Å². The van der Waals surface area contributed by atoms with Gasteiger partial charge in [-0.2, -0.15) is 4.98 Å². The summed E-state index contributed by atoms with van der Waals surface area (Å²) in [6, 6.07) is 16.3. The van der Waals surface area contributed by atoms with Crippen molar-refractivity contribution in [2.75, 3.05) is 26.2 Å². The molecule has 3 aromatic rings. The molecule has 7 heteroatoms. The Morgan fingerprint density at radius 3 is 2.86 bits per heavy atom. The zero-order valence-corrected chi connectivity index (χ0v) is 15.6. The van der Waals surface area contributed by atoms with Gasteiger partial charge in [-0.25, -0.2) is 0 Å². The van der Waals surface area contributed by atoms with Crippen molar-refractivity contribution in [3.8, 4) is 6.01 Å². The molecule has 0 saturated carbocycles. The number of carbonyl (C=O) groups excluding carboxylic acids is 1. The van der Waals surface area contributed by atoms with E-state index in [0.717, 1.165) is 30.5 Å². The van der Waals surface area contributed by atoms with E-state index in [1.807, 2.05) is 30.3 Å². The normalized spacial score (nSPS) is 15.2.